The smallest absolute Gasteiger partial charge is 0.0641 e. The zero-order chi connectivity index (χ0) is 13.0. The Hall–Kier alpha value is -0.870. The van der Waals surface area contributed by atoms with Gasteiger partial charge in [0.15, 0.2) is 0 Å². The van der Waals surface area contributed by atoms with E-state index in [2.05, 4.69) is 43.9 Å². The molecule has 0 amide bonds. The Balaban J connectivity index is 2.99. The van der Waals surface area contributed by atoms with Gasteiger partial charge in [-0.05, 0) is 33.7 Å². The summed E-state index contributed by atoms with van der Waals surface area (Å²) in [5.74, 6) is 0. The fraction of sp³-hybridized carbons (Fsp3) is 0.769. The highest BCUT2D eigenvalue weighted by Gasteiger charge is 2.23. The second-order valence-corrected chi connectivity index (χ2v) is 4.93. The van der Waals surface area contributed by atoms with Crippen molar-refractivity contribution in [3.63, 3.8) is 0 Å². The second-order valence-electron chi connectivity index (χ2n) is 4.93. The summed E-state index contributed by atoms with van der Waals surface area (Å²) >= 11 is 0. The second kappa shape index (κ2) is 6.17. The first kappa shape index (κ1) is 14.2. The summed E-state index contributed by atoms with van der Waals surface area (Å²) in [4.78, 5) is 2.46. The minimum absolute atomic E-state index is 0.281. The lowest BCUT2D eigenvalue weighted by Crippen LogP contribution is -2.39. The average Bonchev–Trinajstić information content (AvgIpc) is 2.58. The van der Waals surface area contributed by atoms with Crippen molar-refractivity contribution in [2.45, 2.75) is 46.2 Å². The predicted molar refractivity (Wildman–Crippen MR) is 71.9 cm³/mol. The highest BCUT2D eigenvalue weighted by atomic mass is 15.3. The summed E-state index contributed by atoms with van der Waals surface area (Å²) in [6.07, 6.45) is 3.24. The highest BCUT2D eigenvalue weighted by Crippen LogP contribution is 2.24. The van der Waals surface area contributed by atoms with Gasteiger partial charge >= 0.3 is 0 Å². The molecule has 1 unspecified atom stereocenters. The quantitative estimate of drug-likeness (QED) is 0.822. The van der Waals surface area contributed by atoms with Crippen molar-refractivity contribution in [1.82, 2.24) is 14.7 Å². The average molecular weight is 238 g/mol. The molecular formula is C13H26N4. The number of nitrogens with zero attached hydrogens (tertiary/aromatic N) is 3. The molecule has 0 saturated heterocycles. The van der Waals surface area contributed by atoms with Crippen molar-refractivity contribution < 1.29 is 0 Å². The van der Waals surface area contributed by atoms with Gasteiger partial charge in [0.05, 0.1) is 11.7 Å². The zero-order valence-corrected chi connectivity index (χ0v) is 11.8. The van der Waals surface area contributed by atoms with Gasteiger partial charge in [-0.1, -0.05) is 6.92 Å². The van der Waals surface area contributed by atoms with E-state index < -0.39 is 0 Å². The molecule has 1 aromatic heterocycles. The molecule has 0 saturated carbocycles. The molecule has 17 heavy (non-hydrogen) atoms. The molecular weight excluding hydrogens is 212 g/mol. The Morgan fingerprint density at radius 3 is 2.47 bits per heavy atom. The zero-order valence-electron chi connectivity index (χ0n) is 11.8. The van der Waals surface area contributed by atoms with Crippen LogP contribution in [-0.2, 0) is 7.05 Å². The van der Waals surface area contributed by atoms with Crippen LogP contribution in [0.5, 0.6) is 0 Å². The van der Waals surface area contributed by atoms with Crippen LogP contribution in [0.2, 0.25) is 0 Å². The lowest BCUT2D eigenvalue weighted by molar-refractivity contribution is 0.157. The SMILES string of the molecule is CCCN(C(C)C)C(CN)c1cn(C)nc1C. The maximum atomic E-state index is 5.97. The Kier molecular flexibility index (Phi) is 5.15. The fourth-order valence-corrected chi connectivity index (χ4v) is 2.42. The lowest BCUT2D eigenvalue weighted by Gasteiger charge is -2.34. The van der Waals surface area contributed by atoms with E-state index in [1.54, 1.807) is 0 Å². The summed E-state index contributed by atoms with van der Waals surface area (Å²) in [6.45, 7) is 10.4. The van der Waals surface area contributed by atoms with Crippen LogP contribution in [0.4, 0.5) is 0 Å². The van der Waals surface area contributed by atoms with Crippen molar-refractivity contribution in [1.29, 1.82) is 0 Å². The lowest BCUT2D eigenvalue weighted by atomic mass is 10.0. The minimum Gasteiger partial charge on any atom is -0.329 e. The van der Waals surface area contributed by atoms with E-state index in [0.29, 0.717) is 12.6 Å². The Morgan fingerprint density at radius 2 is 2.12 bits per heavy atom. The van der Waals surface area contributed by atoms with Gasteiger partial charge in [-0.3, -0.25) is 9.58 Å². The van der Waals surface area contributed by atoms with Crippen LogP contribution >= 0.6 is 0 Å². The summed E-state index contributed by atoms with van der Waals surface area (Å²) < 4.78 is 1.87. The van der Waals surface area contributed by atoms with E-state index in [9.17, 15) is 0 Å². The number of aromatic nitrogens is 2. The van der Waals surface area contributed by atoms with Gasteiger partial charge in [0.2, 0.25) is 0 Å². The van der Waals surface area contributed by atoms with Crippen LogP contribution in [0.15, 0.2) is 6.20 Å². The van der Waals surface area contributed by atoms with Gasteiger partial charge in [0.25, 0.3) is 0 Å². The molecule has 0 fully saturated rings. The van der Waals surface area contributed by atoms with Crippen LogP contribution < -0.4 is 5.73 Å². The molecule has 2 N–H and O–H groups in total. The van der Waals surface area contributed by atoms with Crippen molar-refractivity contribution in [3.8, 4) is 0 Å². The van der Waals surface area contributed by atoms with E-state index in [0.717, 1.165) is 18.7 Å². The van der Waals surface area contributed by atoms with Crippen LogP contribution in [0, 0.1) is 6.92 Å². The van der Waals surface area contributed by atoms with E-state index in [1.165, 1.54) is 5.56 Å². The summed E-state index contributed by atoms with van der Waals surface area (Å²) in [7, 11) is 1.96. The molecule has 0 aliphatic carbocycles. The van der Waals surface area contributed by atoms with Gasteiger partial charge in [-0.15, -0.1) is 0 Å². The predicted octanol–water partition coefficient (Wildman–Crippen LogP) is 1.85. The molecule has 1 atom stereocenters. The first-order valence-electron chi connectivity index (χ1n) is 6.47. The normalized spacial score (nSPS) is 13.6. The molecule has 0 radical (unpaired) electrons. The van der Waals surface area contributed by atoms with E-state index in [4.69, 9.17) is 5.73 Å². The molecule has 0 spiro atoms. The first-order chi connectivity index (χ1) is 8.01. The third kappa shape index (κ3) is 3.30. The Labute approximate surface area is 105 Å². The maximum absolute atomic E-state index is 5.97. The Bertz CT molecular complexity index is 343. The van der Waals surface area contributed by atoms with Gasteiger partial charge in [-0.2, -0.15) is 5.10 Å². The van der Waals surface area contributed by atoms with Gasteiger partial charge in [-0.25, -0.2) is 0 Å². The Morgan fingerprint density at radius 1 is 1.47 bits per heavy atom. The standard InChI is InChI=1S/C13H26N4/c1-6-7-17(10(2)3)13(8-14)12-9-16(5)15-11(12)4/h9-10,13H,6-8,14H2,1-5H3. The fourth-order valence-electron chi connectivity index (χ4n) is 2.42. The summed E-state index contributed by atoms with van der Waals surface area (Å²) in [5, 5.41) is 4.42. The third-order valence-electron chi connectivity index (χ3n) is 3.18. The van der Waals surface area contributed by atoms with Crippen LogP contribution in [0.3, 0.4) is 0 Å². The summed E-state index contributed by atoms with van der Waals surface area (Å²) in [6, 6.07) is 0.784. The maximum Gasteiger partial charge on any atom is 0.0641 e. The molecule has 1 rings (SSSR count). The molecule has 0 aliphatic heterocycles. The van der Waals surface area contributed by atoms with Crippen LogP contribution in [0.25, 0.3) is 0 Å². The monoisotopic (exact) mass is 238 g/mol. The first-order valence-corrected chi connectivity index (χ1v) is 6.47. The number of hydrogen-bond donors (Lipinski definition) is 1. The number of nitrogens with two attached hydrogens (primary N) is 1. The minimum atomic E-state index is 0.281. The van der Waals surface area contributed by atoms with Crippen LogP contribution in [0.1, 0.15) is 44.5 Å². The van der Waals surface area contributed by atoms with E-state index in [-0.39, 0.29) is 6.04 Å². The number of hydrogen-bond acceptors (Lipinski definition) is 3. The van der Waals surface area contributed by atoms with Gasteiger partial charge < -0.3 is 5.73 Å². The van der Waals surface area contributed by atoms with E-state index in [1.807, 2.05) is 11.7 Å². The third-order valence-corrected chi connectivity index (χ3v) is 3.18. The molecule has 1 aromatic rings. The molecule has 4 nitrogen and oxygen atoms in total. The number of rotatable bonds is 6. The topological polar surface area (TPSA) is 47.1 Å². The van der Waals surface area contributed by atoms with Crippen molar-refractivity contribution in [2.75, 3.05) is 13.1 Å². The molecule has 0 aromatic carbocycles. The molecule has 0 aliphatic rings. The highest BCUT2D eigenvalue weighted by molar-refractivity contribution is 5.20. The van der Waals surface area contributed by atoms with Gasteiger partial charge in [0, 0.05) is 31.4 Å². The molecule has 0 bridgehead atoms. The van der Waals surface area contributed by atoms with Crippen molar-refractivity contribution >= 4 is 0 Å². The van der Waals surface area contributed by atoms with E-state index >= 15 is 0 Å². The molecule has 4 heteroatoms. The van der Waals surface area contributed by atoms with Crippen molar-refractivity contribution in [3.05, 3.63) is 17.5 Å². The van der Waals surface area contributed by atoms with Gasteiger partial charge in [0.1, 0.15) is 0 Å². The molecule has 98 valence electrons. The molecule has 1 heterocycles. The van der Waals surface area contributed by atoms with Crippen LogP contribution in [-0.4, -0.2) is 33.8 Å². The van der Waals surface area contributed by atoms with Crippen molar-refractivity contribution in [2.24, 2.45) is 12.8 Å². The number of aryl methyl sites for hydroxylation is 2. The summed E-state index contributed by atoms with van der Waals surface area (Å²) in [5.41, 5.74) is 8.32. The largest absolute Gasteiger partial charge is 0.329 e.